The second-order valence-corrected chi connectivity index (χ2v) is 3.18. The van der Waals surface area contributed by atoms with Gasteiger partial charge in [-0.25, -0.2) is 0 Å². The maximum absolute atomic E-state index is 8.23. The van der Waals surface area contributed by atoms with E-state index in [1.807, 2.05) is 6.92 Å². The zero-order chi connectivity index (χ0) is 9.94. The average Bonchev–Trinajstić information content (AvgIpc) is 2.11. The van der Waals surface area contributed by atoms with Crippen molar-refractivity contribution in [3.05, 3.63) is 0 Å². The lowest BCUT2D eigenvalue weighted by atomic mass is 10.0. The molecular weight excluding hydrogens is 168 g/mol. The highest BCUT2D eigenvalue weighted by molar-refractivity contribution is 5.59. The largest absolute Gasteiger partial charge is 0.411 e. The van der Waals surface area contributed by atoms with Gasteiger partial charge in [-0.3, -0.25) is 0 Å². The van der Waals surface area contributed by atoms with Crippen LogP contribution in [0.4, 0.5) is 0 Å². The Morgan fingerprint density at radius 2 is 1.92 bits per heavy atom. The second-order valence-electron chi connectivity index (χ2n) is 3.18. The molecule has 1 unspecified atom stereocenters. The maximum atomic E-state index is 8.23. The van der Waals surface area contributed by atoms with E-state index in [9.17, 15) is 0 Å². The molecule has 1 atom stereocenters. The summed E-state index contributed by atoms with van der Waals surface area (Å²) < 4.78 is 0. The van der Waals surface area contributed by atoms with Crippen LogP contribution >= 0.6 is 0 Å². The van der Waals surface area contributed by atoms with Crippen LogP contribution in [-0.4, -0.2) is 22.8 Å². The van der Waals surface area contributed by atoms with Crippen molar-refractivity contribution in [3.8, 4) is 0 Å². The molecule has 0 fully saturated rings. The Morgan fingerprint density at radius 1 is 1.15 bits per heavy atom. The molecule has 0 aliphatic carbocycles. The quantitative estimate of drug-likeness (QED) is 0.277. The Bertz CT molecular complexity index is 158. The van der Waals surface area contributed by atoms with E-state index in [0.717, 1.165) is 32.1 Å². The fourth-order valence-electron chi connectivity index (χ4n) is 1.12. The molecule has 0 aromatic carbocycles. The Morgan fingerprint density at radius 3 is 2.54 bits per heavy atom. The van der Waals surface area contributed by atoms with Gasteiger partial charge in [0.15, 0.2) is 0 Å². The summed E-state index contributed by atoms with van der Waals surface area (Å²) in [6.45, 7) is 2.02. The van der Waals surface area contributed by atoms with Crippen molar-refractivity contribution in [3.63, 3.8) is 0 Å². The van der Waals surface area contributed by atoms with Gasteiger partial charge in [-0.2, -0.15) is 0 Å². The standard InChI is InChI=1S/C9H18N2O2/c1-9(8-11-13)6-4-2-3-5-7-10-12/h7-9,12-13H,2-6H2,1H3. The first-order chi connectivity index (χ1) is 6.31. The van der Waals surface area contributed by atoms with Crippen LogP contribution in [0, 0.1) is 5.92 Å². The van der Waals surface area contributed by atoms with Crippen molar-refractivity contribution in [2.75, 3.05) is 0 Å². The SMILES string of the molecule is CC(C=NO)CCCCCC=NO. The van der Waals surface area contributed by atoms with E-state index in [4.69, 9.17) is 10.4 Å². The van der Waals surface area contributed by atoms with Crippen molar-refractivity contribution in [2.45, 2.75) is 39.0 Å². The third-order valence-electron chi connectivity index (χ3n) is 1.90. The molecule has 0 spiro atoms. The zero-order valence-corrected chi connectivity index (χ0v) is 8.06. The Balaban J connectivity index is 3.15. The van der Waals surface area contributed by atoms with E-state index in [2.05, 4.69) is 10.3 Å². The van der Waals surface area contributed by atoms with Gasteiger partial charge in [0.1, 0.15) is 0 Å². The average molecular weight is 186 g/mol. The number of rotatable bonds is 7. The summed E-state index contributed by atoms with van der Waals surface area (Å²) in [7, 11) is 0. The molecule has 0 bridgehead atoms. The van der Waals surface area contributed by atoms with Gasteiger partial charge in [-0.1, -0.05) is 19.8 Å². The molecule has 76 valence electrons. The van der Waals surface area contributed by atoms with Gasteiger partial charge in [0, 0.05) is 12.4 Å². The first-order valence-corrected chi connectivity index (χ1v) is 4.64. The monoisotopic (exact) mass is 186 g/mol. The zero-order valence-electron chi connectivity index (χ0n) is 8.06. The summed E-state index contributed by atoms with van der Waals surface area (Å²) in [5, 5.41) is 22.2. The normalized spacial score (nSPS) is 14.2. The first-order valence-electron chi connectivity index (χ1n) is 4.64. The summed E-state index contributed by atoms with van der Waals surface area (Å²) in [4.78, 5) is 0. The Kier molecular flexibility index (Phi) is 8.30. The molecule has 0 saturated carbocycles. The lowest BCUT2D eigenvalue weighted by Gasteiger charge is -2.02. The molecule has 0 saturated heterocycles. The molecule has 0 aromatic heterocycles. The van der Waals surface area contributed by atoms with Gasteiger partial charge in [-0.05, 0) is 25.2 Å². The minimum absolute atomic E-state index is 0.344. The minimum Gasteiger partial charge on any atom is -0.411 e. The topological polar surface area (TPSA) is 65.2 Å². The highest BCUT2D eigenvalue weighted by atomic mass is 16.4. The fraction of sp³-hybridized carbons (Fsp3) is 0.778. The third-order valence-corrected chi connectivity index (χ3v) is 1.90. The predicted molar refractivity (Wildman–Crippen MR) is 52.8 cm³/mol. The maximum Gasteiger partial charge on any atom is 0.0464 e. The van der Waals surface area contributed by atoms with Crippen molar-refractivity contribution in [1.29, 1.82) is 0 Å². The molecule has 0 aromatic rings. The summed E-state index contributed by atoms with van der Waals surface area (Å²) in [5.41, 5.74) is 0. The van der Waals surface area contributed by atoms with Crippen molar-refractivity contribution < 1.29 is 10.4 Å². The molecular formula is C9H18N2O2. The molecule has 0 amide bonds. The van der Waals surface area contributed by atoms with Crippen LogP contribution in [0.5, 0.6) is 0 Å². The van der Waals surface area contributed by atoms with Gasteiger partial charge in [0.2, 0.25) is 0 Å². The summed E-state index contributed by atoms with van der Waals surface area (Å²) in [6.07, 6.45) is 8.22. The third kappa shape index (κ3) is 8.85. The van der Waals surface area contributed by atoms with Gasteiger partial charge < -0.3 is 10.4 Å². The molecule has 0 radical (unpaired) electrons. The van der Waals surface area contributed by atoms with Crippen LogP contribution in [0.2, 0.25) is 0 Å². The summed E-state index contributed by atoms with van der Waals surface area (Å²) >= 11 is 0. The van der Waals surface area contributed by atoms with Crippen molar-refractivity contribution in [2.24, 2.45) is 16.2 Å². The first kappa shape index (κ1) is 11.9. The summed E-state index contributed by atoms with van der Waals surface area (Å²) in [5.74, 6) is 0.344. The van der Waals surface area contributed by atoms with Crippen LogP contribution in [0.3, 0.4) is 0 Å². The molecule has 0 rings (SSSR count). The van der Waals surface area contributed by atoms with E-state index in [0.29, 0.717) is 5.92 Å². The van der Waals surface area contributed by atoms with E-state index < -0.39 is 0 Å². The predicted octanol–water partition coefficient (Wildman–Crippen LogP) is 2.49. The number of unbranched alkanes of at least 4 members (excludes halogenated alkanes) is 3. The molecule has 0 heterocycles. The molecule has 4 heteroatoms. The molecule has 13 heavy (non-hydrogen) atoms. The summed E-state index contributed by atoms with van der Waals surface area (Å²) in [6, 6.07) is 0. The number of nitrogens with zero attached hydrogens (tertiary/aromatic N) is 2. The lowest BCUT2D eigenvalue weighted by Crippen LogP contribution is -1.95. The molecule has 2 N–H and O–H groups in total. The smallest absolute Gasteiger partial charge is 0.0464 e. The van der Waals surface area contributed by atoms with Crippen LogP contribution in [0.1, 0.15) is 39.0 Å². The van der Waals surface area contributed by atoms with E-state index >= 15 is 0 Å². The Labute approximate surface area is 78.9 Å². The van der Waals surface area contributed by atoms with Crippen LogP contribution in [0.15, 0.2) is 10.3 Å². The highest BCUT2D eigenvalue weighted by Crippen LogP contribution is 2.08. The number of oxime groups is 2. The molecule has 0 aliphatic rings. The molecule has 0 aliphatic heterocycles. The van der Waals surface area contributed by atoms with Crippen LogP contribution in [-0.2, 0) is 0 Å². The number of hydrogen-bond donors (Lipinski definition) is 2. The van der Waals surface area contributed by atoms with E-state index in [1.54, 1.807) is 6.21 Å². The highest BCUT2D eigenvalue weighted by Gasteiger charge is 1.97. The van der Waals surface area contributed by atoms with Gasteiger partial charge in [0.25, 0.3) is 0 Å². The van der Waals surface area contributed by atoms with E-state index in [1.165, 1.54) is 6.21 Å². The van der Waals surface area contributed by atoms with Crippen LogP contribution in [0.25, 0.3) is 0 Å². The molecule has 4 nitrogen and oxygen atoms in total. The van der Waals surface area contributed by atoms with Gasteiger partial charge >= 0.3 is 0 Å². The van der Waals surface area contributed by atoms with Crippen molar-refractivity contribution >= 4 is 12.4 Å². The second kappa shape index (κ2) is 9.03. The van der Waals surface area contributed by atoms with Crippen LogP contribution < -0.4 is 0 Å². The van der Waals surface area contributed by atoms with Gasteiger partial charge in [0.05, 0.1) is 0 Å². The van der Waals surface area contributed by atoms with Crippen molar-refractivity contribution in [1.82, 2.24) is 0 Å². The van der Waals surface area contributed by atoms with Gasteiger partial charge in [-0.15, -0.1) is 10.3 Å². The Hall–Kier alpha value is -1.06. The number of hydrogen-bond acceptors (Lipinski definition) is 4. The fourth-order valence-corrected chi connectivity index (χ4v) is 1.12. The lowest BCUT2D eigenvalue weighted by molar-refractivity contribution is 0.318. The minimum atomic E-state index is 0.344. The van der Waals surface area contributed by atoms with E-state index in [-0.39, 0.29) is 0 Å².